The third kappa shape index (κ3) is 3.51. The molecular formula is C24H19FN6O. The van der Waals surface area contributed by atoms with Gasteiger partial charge in [0.15, 0.2) is 5.82 Å². The lowest BCUT2D eigenvalue weighted by Gasteiger charge is -2.28. The molecule has 2 aromatic heterocycles. The van der Waals surface area contributed by atoms with Crippen LogP contribution in [0.25, 0.3) is 11.4 Å². The van der Waals surface area contributed by atoms with Crippen molar-refractivity contribution >= 4 is 17.5 Å². The standard InChI is InChI=1S/C24H19FN6O/c1-15-20(23(32)28-17-9-3-2-4-10-17)21(18-11-5-6-12-19(18)25)31-24(27-15)29-22(30-31)16-8-7-13-26-14-16/h2-14,21H,1H3,(H,28,32)(H,27,29,30). The second-order valence-electron chi connectivity index (χ2n) is 7.35. The van der Waals surface area contributed by atoms with Crippen LogP contribution in [0.15, 0.2) is 90.4 Å². The molecule has 1 aliphatic heterocycles. The molecule has 0 radical (unpaired) electrons. The molecule has 1 aliphatic rings. The monoisotopic (exact) mass is 426 g/mol. The first-order valence-electron chi connectivity index (χ1n) is 10.1. The van der Waals surface area contributed by atoms with Gasteiger partial charge in [0.2, 0.25) is 5.95 Å². The third-order valence-electron chi connectivity index (χ3n) is 5.25. The molecule has 32 heavy (non-hydrogen) atoms. The largest absolute Gasteiger partial charge is 0.328 e. The molecular weight excluding hydrogens is 407 g/mol. The summed E-state index contributed by atoms with van der Waals surface area (Å²) in [6, 6.07) is 18.3. The fraction of sp³-hybridized carbons (Fsp3) is 0.0833. The van der Waals surface area contributed by atoms with E-state index in [4.69, 9.17) is 0 Å². The van der Waals surface area contributed by atoms with Gasteiger partial charge < -0.3 is 10.6 Å². The van der Waals surface area contributed by atoms with Gasteiger partial charge in [-0.05, 0) is 37.3 Å². The summed E-state index contributed by atoms with van der Waals surface area (Å²) in [6.07, 6.45) is 3.32. The van der Waals surface area contributed by atoms with Gasteiger partial charge in [0.05, 0.1) is 5.57 Å². The molecule has 3 heterocycles. The van der Waals surface area contributed by atoms with Crippen molar-refractivity contribution in [3.05, 3.63) is 102 Å². The van der Waals surface area contributed by atoms with Crippen molar-refractivity contribution in [3.63, 3.8) is 0 Å². The van der Waals surface area contributed by atoms with E-state index in [1.165, 1.54) is 6.07 Å². The number of nitrogens with zero attached hydrogens (tertiary/aromatic N) is 4. The zero-order chi connectivity index (χ0) is 22.1. The smallest absolute Gasteiger partial charge is 0.255 e. The highest BCUT2D eigenvalue weighted by Gasteiger charge is 2.35. The van der Waals surface area contributed by atoms with E-state index >= 15 is 0 Å². The number of carbonyl (C=O) groups is 1. The number of allylic oxidation sites excluding steroid dienone is 1. The fourth-order valence-corrected chi connectivity index (χ4v) is 3.77. The Kier molecular flexibility index (Phi) is 4.95. The summed E-state index contributed by atoms with van der Waals surface area (Å²) < 4.78 is 16.5. The van der Waals surface area contributed by atoms with E-state index in [9.17, 15) is 9.18 Å². The Bertz CT molecular complexity index is 1320. The Labute approximate surface area is 183 Å². The van der Waals surface area contributed by atoms with Crippen molar-refractivity contribution < 1.29 is 9.18 Å². The van der Waals surface area contributed by atoms with Crippen molar-refractivity contribution in [2.75, 3.05) is 10.6 Å². The Morgan fingerprint density at radius 1 is 1.06 bits per heavy atom. The van der Waals surface area contributed by atoms with E-state index in [2.05, 4.69) is 25.7 Å². The Balaban J connectivity index is 1.63. The zero-order valence-electron chi connectivity index (χ0n) is 17.2. The van der Waals surface area contributed by atoms with Crippen molar-refractivity contribution in [3.8, 4) is 11.4 Å². The minimum absolute atomic E-state index is 0.329. The molecule has 7 nitrogen and oxygen atoms in total. The number of anilines is 2. The fourth-order valence-electron chi connectivity index (χ4n) is 3.77. The predicted molar refractivity (Wildman–Crippen MR) is 119 cm³/mol. The number of hydrogen-bond donors (Lipinski definition) is 2. The van der Waals surface area contributed by atoms with Crippen LogP contribution in [0.5, 0.6) is 0 Å². The van der Waals surface area contributed by atoms with Crippen molar-refractivity contribution in [2.45, 2.75) is 13.0 Å². The van der Waals surface area contributed by atoms with Crippen molar-refractivity contribution in [2.24, 2.45) is 0 Å². The molecule has 0 saturated heterocycles. The number of hydrogen-bond acceptors (Lipinski definition) is 5. The average molecular weight is 426 g/mol. The lowest BCUT2D eigenvalue weighted by Crippen LogP contribution is -2.32. The zero-order valence-corrected chi connectivity index (χ0v) is 17.2. The topological polar surface area (TPSA) is 84.7 Å². The summed E-state index contributed by atoms with van der Waals surface area (Å²) in [6.45, 7) is 1.77. The quantitative estimate of drug-likeness (QED) is 0.505. The predicted octanol–water partition coefficient (Wildman–Crippen LogP) is 4.41. The summed E-state index contributed by atoms with van der Waals surface area (Å²) in [4.78, 5) is 22.0. The van der Waals surface area contributed by atoms with E-state index in [0.29, 0.717) is 34.3 Å². The number of nitrogens with one attached hydrogen (secondary N) is 2. The third-order valence-corrected chi connectivity index (χ3v) is 5.25. The lowest BCUT2D eigenvalue weighted by atomic mass is 9.94. The van der Waals surface area contributed by atoms with Gasteiger partial charge in [-0.3, -0.25) is 9.78 Å². The van der Waals surface area contributed by atoms with Gasteiger partial charge in [-0.25, -0.2) is 9.07 Å². The van der Waals surface area contributed by atoms with Crippen LogP contribution in [-0.4, -0.2) is 25.7 Å². The molecule has 0 bridgehead atoms. The van der Waals surface area contributed by atoms with Crippen molar-refractivity contribution in [1.29, 1.82) is 0 Å². The first kappa shape index (κ1) is 19.6. The highest BCUT2D eigenvalue weighted by Crippen LogP contribution is 2.37. The van der Waals surface area contributed by atoms with Gasteiger partial charge in [0, 0.05) is 34.9 Å². The van der Waals surface area contributed by atoms with Gasteiger partial charge >= 0.3 is 0 Å². The summed E-state index contributed by atoms with van der Waals surface area (Å²) >= 11 is 0. The molecule has 5 rings (SSSR count). The first-order chi connectivity index (χ1) is 15.6. The highest BCUT2D eigenvalue weighted by molar-refractivity contribution is 6.06. The summed E-state index contributed by atoms with van der Waals surface area (Å²) in [5, 5.41) is 10.7. The van der Waals surface area contributed by atoms with Crippen molar-refractivity contribution in [1.82, 2.24) is 19.7 Å². The maximum Gasteiger partial charge on any atom is 0.255 e. The van der Waals surface area contributed by atoms with E-state index in [0.717, 1.165) is 5.56 Å². The van der Waals surface area contributed by atoms with Gasteiger partial charge in [0.1, 0.15) is 11.9 Å². The first-order valence-corrected chi connectivity index (χ1v) is 10.1. The number of para-hydroxylation sites is 1. The number of carbonyl (C=O) groups excluding carboxylic acids is 1. The minimum atomic E-state index is -0.797. The van der Waals surface area contributed by atoms with Crippen LogP contribution >= 0.6 is 0 Å². The normalized spacial score (nSPS) is 15.1. The molecule has 0 saturated carbocycles. The van der Waals surface area contributed by atoms with Crippen LogP contribution in [0.4, 0.5) is 16.0 Å². The van der Waals surface area contributed by atoms with Crippen LogP contribution in [-0.2, 0) is 4.79 Å². The Hall–Kier alpha value is -4.33. The summed E-state index contributed by atoms with van der Waals surface area (Å²) in [5.41, 5.74) is 2.62. The molecule has 1 unspecified atom stereocenters. The molecule has 2 N–H and O–H groups in total. The number of aromatic nitrogens is 4. The highest BCUT2D eigenvalue weighted by atomic mass is 19.1. The molecule has 158 valence electrons. The molecule has 0 fully saturated rings. The molecule has 4 aromatic rings. The molecule has 0 aliphatic carbocycles. The van der Waals surface area contributed by atoms with Gasteiger partial charge in [-0.1, -0.05) is 36.4 Å². The number of amides is 1. The second kappa shape index (κ2) is 8.07. The van der Waals surface area contributed by atoms with Gasteiger partial charge in [0.25, 0.3) is 5.91 Å². The van der Waals surface area contributed by atoms with Crippen LogP contribution in [0.1, 0.15) is 18.5 Å². The lowest BCUT2D eigenvalue weighted by molar-refractivity contribution is -0.113. The van der Waals surface area contributed by atoms with E-state index in [1.54, 1.807) is 60.4 Å². The maximum atomic E-state index is 14.9. The molecule has 1 amide bonds. The molecule has 0 spiro atoms. The molecule has 1 atom stereocenters. The number of benzene rings is 2. The SMILES string of the molecule is CC1=C(C(=O)Nc2ccccc2)C(c2ccccc2F)n2nc(-c3cccnc3)nc2N1. The van der Waals surface area contributed by atoms with Gasteiger partial charge in [-0.15, -0.1) is 5.10 Å². The van der Waals surface area contributed by atoms with Gasteiger partial charge in [-0.2, -0.15) is 4.98 Å². The second-order valence-corrected chi connectivity index (χ2v) is 7.35. The maximum absolute atomic E-state index is 14.9. The molecule has 8 heteroatoms. The number of fused-ring (bicyclic) bond motifs is 1. The van der Waals surface area contributed by atoms with Crippen LogP contribution < -0.4 is 10.6 Å². The molecule has 2 aromatic carbocycles. The Morgan fingerprint density at radius 3 is 2.59 bits per heavy atom. The Morgan fingerprint density at radius 2 is 1.84 bits per heavy atom. The number of pyridine rings is 1. The van der Waals surface area contributed by atoms with E-state index < -0.39 is 11.9 Å². The average Bonchev–Trinajstić information content (AvgIpc) is 3.23. The summed E-state index contributed by atoms with van der Waals surface area (Å²) in [7, 11) is 0. The summed E-state index contributed by atoms with van der Waals surface area (Å²) in [5.74, 6) is 0.0745. The van der Waals surface area contributed by atoms with Crippen LogP contribution in [0.3, 0.4) is 0 Å². The minimum Gasteiger partial charge on any atom is -0.328 e. The van der Waals surface area contributed by atoms with E-state index in [1.807, 2.05) is 24.3 Å². The van der Waals surface area contributed by atoms with E-state index in [-0.39, 0.29) is 5.91 Å². The van der Waals surface area contributed by atoms with Crippen LogP contribution in [0.2, 0.25) is 0 Å². The van der Waals surface area contributed by atoms with Crippen LogP contribution in [0, 0.1) is 5.82 Å². The number of rotatable bonds is 4. The number of halogens is 1.